The van der Waals surface area contributed by atoms with Gasteiger partial charge in [-0.3, -0.25) is 9.98 Å². The van der Waals surface area contributed by atoms with Gasteiger partial charge in [-0.1, -0.05) is 35.5 Å². The van der Waals surface area contributed by atoms with Gasteiger partial charge in [0.1, 0.15) is 11.7 Å². The van der Waals surface area contributed by atoms with Gasteiger partial charge >= 0.3 is 0 Å². The molecule has 0 aliphatic carbocycles. The molecule has 0 spiro atoms. The normalized spacial score (nSPS) is 11.6. The molecule has 0 saturated heterocycles. The average Bonchev–Trinajstić information content (AvgIpc) is 3.24. The molecule has 8 heteroatoms. The first-order valence-corrected chi connectivity index (χ1v) is 10.4. The molecule has 1 aromatic carbocycles. The fourth-order valence-corrected chi connectivity index (χ4v) is 3.34. The highest BCUT2D eigenvalue weighted by Crippen LogP contribution is 2.22. The highest BCUT2D eigenvalue weighted by Gasteiger charge is 2.21. The summed E-state index contributed by atoms with van der Waals surface area (Å²) in [5.74, 6) is 2.70. The zero-order valence-electron chi connectivity index (χ0n) is 18.3. The molecule has 3 aromatic rings. The average molecular weight is 439 g/mol. The number of likely N-dealkylation sites (N-methyl/N-ethyl adjacent to an activating group) is 1. The summed E-state index contributed by atoms with van der Waals surface area (Å²) >= 11 is 6.08. The van der Waals surface area contributed by atoms with Gasteiger partial charge in [0.25, 0.3) is 0 Å². The summed E-state index contributed by atoms with van der Waals surface area (Å²) in [5, 5.41) is 4.73. The number of nitrogens with zero attached hydrogens (tertiary/aromatic N) is 6. The van der Waals surface area contributed by atoms with Crippen LogP contribution in [0.15, 0.2) is 70.7 Å². The molecule has 2 aromatic heterocycles. The van der Waals surface area contributed by atoms with Crippen LogP contribution in [0, 0.1) is 0 Å². The Hall–Kier alpha value is -3.19. The molecule has 0 amide bonds. The summed E-state index contributed by atoms with van der Waals surface area (Å²) in [4.78, 5) is 17.2. The van der Waals surface area contributed by atoms with Crippen LogP contribution in [0.4, 0.5) is 0 Å². The van der Waals surface area contributed by atoms with E-state index in [1.54, 1.807) is 19.4 Å². The summed E-state index contributed by atoms with van der Waals surface area (Å²) in [6, 6.07) is 11.5. The van der Waals surface area contributed by atoms with E-state index in [1.807, 2.05) is 48.3 Å². The zero-order valence-corrected chi connectivity index (χ0v) is 19.0. The third-order valence-electron chi connectivity index (χ3n) is 4.96. The number of pyridine rings is 1. The molecule has 0 aliphatic rings. The van der Waals surface area contributed by atoms with Gasteiger partial charge in [0, 0.05) is 49.5 Å². The molecule has 0 radical (unpaired) electrons. The number of halogens is 1. The molecule has 0 atom stereocenters. The number of benzene rings is 1. The van der Waals surface area contributed by atoms with Crippen molar-refractivity contribution in [1.82, 2.24) is 24.9 Å². The molecule has 3 rings (SSSR count). The second-order valence-electron chi connectivity index (χ2n) is 7.39. The van der Waals surface area contributed by atoms with Crippen LogP contribution in [-0.2, 0) is 13.0 Å². The summed E-state index contributed by atoms with van der Waals surface area (Å²) in [5.41, 5.74) is 1.95. The first kappa shape index (κ1) is 22.5. The summed E-state index contributed by atoms with van der Waals surface area (Å²) in [6.07, 6.45) is 4.25. The first-order chi connectivity index (χ1) is 14.9. The van der Waals surface area contributed by atoms with E-state index in [4.69, 9.17) is 16.1 Å². The zero-order chi connectivity index (χ0) is 22.4. The maximum Gasteiger partial charge on any atom is 0.246 e. The second-order valence-corrected chi connectivity index (χ2v) is 7.83. The predicted molar refractivity (Wildman–Crippen MR) is 124 cm³/mol. The van der Waals surface area contributed by atoms with Crippen LogP contribution in [0.3, 0.4) is 0 Å². The Morgan fingerprint density at radius 3 is 2.61 bits per heavy atom. The van der Waals surface area contributed by atoms with E-state index in [9.17, 15) is 0 Å². The van der Waals surface area contributed by atoms with Gasteiger partial charge in [0.05, 0.1) is 6.54 Å². The van der Waals surface area contributed by atoms with Crippen molar-refractivity contribution in [2.45, 2.75) is 32.9 Å². The molecule has 7 nitrogen and oxygen atoms in total. The SMILES string of the molecule is C=C(N(C)C(Cc1ccncc1)=NC)N(Cc1nc(-c2cccc(Cl)c2)no1)C(C)C. The van der Waals surface area contributed by atoms with Crippen LogP contribution in [-0.4, -0.2) is 50.9 Å². The maximum absolute atomic E-state index is 6.08. The molecule has 162 valence electrons. The van der Waals surface area contributed by atoms with Crippen molar-refractivity contribution in [2.24, 2.45) is 4.99 Å². The number of amidine groups is 1. The molecular weight excluding hydrogens is 412 g/mol. The van der Waals surface area contributed by atoms with Gasteiger partial charge in [0.15, 0.2) is 0 Å². The number of aromatic nitrogens is 3. The standard InChI is InChI=1S/C23H27ClN6O/c1-16(2)30(15-22-27-23(28-31-22)19-7-6-8-20(24)14-19)17(3)29(5)21(25-4)13-18-9-11-26-12-10-18/h6-12,14,16H,3,13,15H2,1-2,4-5H3. The Morgan fingerprint density at radius 1 is 1.23 bits per heavy atom. The van der Waals surface area contributed by atoms with E-state index in [1.165, 1.54) is 0 Å². The van der Waals surface area contributed by atoms with Crippen LogP contribution in [0.1, 0.15) is 25.3 Å². The molecule has 0 saturated carbocycles. The lowest BCUT2D eigenvalue weighted by Gasteiger charge is -2.35. The lowest BCUT2D eigenvalue weighted by Crippen LogP contribution is -2.40. The lowest BCUT2D eigenvalue weighted by molar-refractivity contribution is 0.198. The molecular formula is C23H27ClN6O. The number of hydrogen-bond donors (Lipinski definition) is 0. The van der Waals surface area contributed by atoms with Crippen molar-refractivity contribution in [3.05, 3.63) is 77.7 Å². The van der Waals surface area contributed by atoms with Crippen molar-refractivity contribution in [3.8, 4) is 11.4 Å². The third-order valence-corrected chi connectivity index (χ3v) is 5.19. The predicted octanol–water partition coefficient (Wildman–Crippen LogP) is 4.67. The van der Waals surface area contributed by atoms with Gasteiger partial charge in [0.2, 0.25) is 11.7 Å². The minimum absolute atomic E-state index is 0.163. The Bertz CT molecular complexity index is 1050. The Kier molecular flexibility index (Phi) is 7.41. The molecule has 0 aliphatic heterocycles. The Morgan fingerprint density at radius 2 is 1.97 bits per heavy atom. The molecule has 0 fully saturated rings. The topological polar surface area (TPSA) is 70.7 Å². The first-order valence-electron chi connectivity index (χ1n) is 10.0. The minimum Gasteiger partial charge on any atom is -0.347 e. The smallest absolute Gasteiger partial charge is 0.246 e. The van der Waals surface area contributed by atoms with Gasteiger partial charge in [-0.25, -0.2) is 0 Å². The molecule has 0 bridgehead atoms. The molecule has 0 N–H and O–H groups in total. The van der Waals surface area contributed by atoms with Crippen molar-refractivity contribution < 1.29 is 4.52 Å². The summed E-state index contributed by atoms with van der Waals surface area (Å²) in [7, 11) is 3.75. The number of rotatable bonds is 8. The summed E-state index contributed by atoms with van der Waals surface area (Å²) in [6.45, 7) is 8.93. The minimum atomic E-state index is 0.163. The Balaban J connectivity index is 1.74. The van der Waals surface area contributed by atoms with E-state index in [-0.39, 0.29) is 6.04 Å². The number of hydrogen-bond acceptors (Lipinski definition) is 6. The third kappa shape index (κ3) is 5.70. The van der Waals surface area contributed by atoms with Crippen LogP contribution in [0.25, 0.3) is 11.4 Å². The van der Waals surface area contributed by atoms with Gasteiger partial charge in [-0.15, -0.1) is 0 Å². The van der Waals surface area contributed by atoms with Gasteiger partial charge < -0.3 is 14.3 Å². The monoisotopic (exact) mass is 438 g/mol. The largest absolute Gasteiger partial charge is 0.347 e. The fourth-order valence-electron chi connectivity index (χ4n) is 3.15. The van der Waals surface area contributed by atoms with E-state index >= 15 is 0 Å². The number of aliphatic imine (C=N–C) groups is 1. The second kappa shape index (κ2) is 10.2. The van der Waals surface area contributed by atoms with Crippen LogP contribution in [0.5, 0.6) is 0 Å². The van der Waals surface area contributed by atoms with Crippen LogP contribution >= 0.6 is 11.6 Å². The lowest BCUT2D eigenvalue weighted by atomic mass is 10.2. The highest BCUT2D eigenvalue weighted by atomic mass is 35.5. The summed E-state index contributed by atoms with van der Waals surface area (Å²) < 4.78 is 5.51. The molecule has 2 heterocycles. The quantitative estimate of drug-likeness (QED) is 0.376. The van der Waals surface area contributed by atoms with Crippen LogP contribution in [0.2, 0.25) is 5.02 Å². The van der Waals surface area contributed by atoms with Gasteiger partial charge in [-0.2, -0.15) is 4.98 Å². The van der Waals surface area contributed by atoms with Crippen molar-refractivity contribution in [1.29, 1.82) is 0 Å². The van der Waals surface area contributed by atoms with Crippen molar-refractivity contribution in [2.75, 3.05) is 14.1 Å². The highest BCUT2D eigenvalue weighted by molar-refractivity contribution is 6.30. The molecule has 0 unspecified atom stereocenters. The fraction of sp³-hybridized carbons (Fsp3) is 0.304. The van der Waals surface area contributed by atoms with Crippen molar-refractivity contribution in [3.63, 3.8) is 0 Å². The molecule has 31 heavy (non-hydrogen) atoms. The van der Waals surface area contributed by atoms with Crippen molar-refractivity contribution >= 4 is 17.4 Å². The Labute approximate surface area is 188 Å². The van der Waals surface area contributed by atoms with Gasteiger partial charge in [-0.05, 0) is 43.7 Å². The van der Waals surface area contributed by atoms with E-state index in [2.05, 4.69) is 45.4 Å². The van der Waals surface area contributed by atoms with Crippen LogP contribution < -0.4 is 0 Å². The van der Waals surface area contributed by atoms with E-state index in [0.29, 0.717) is 29.7 Å². The van der Waals surface area contributed by atoms with E-state index < -0.39 is 0 Å². The van der Waals surface area contributed by atoms with E-state index in [0.717, 1.165) is 22.8 Å². The maximum atomic E-state index is 6.08.